The van der Waals surface area contributed by atoms with Crippen LogP contribution in [0.25, 0.3) is 5.69 Å². The van der Waals surface area contributed by atoms with Gasteiger partial charge in [0.05, 0.1) is 11.4 Å². The molecule has 2 aliphatic carbocycles. The lowest BCUT2D eigenvalue weighted by Crippen LogP contribution is -2.28. The summed E-state index contributed by atoms with van der Waals surface area (Å²) < 4.78 is 2.80. The third kappa shape index (κ3) is 2.82. The first-order chi connectivity index (χ1) is 11.1. The van der Waals surface area contributed by atoms with E-state index in [4.69, 9.17) is 0 Å². The van der Waals surface area contributed by atoms with E-state index in [2.05, 4.69) is 26.3 Å². The number of aryl methyl sites for hydroxylation is 1. The number of benzene rings is 1. The van der Waals surface area contributed by atoms with Crippen LogP contribution in [0.15, 0.2) is 34.8 Å². The van der Waals surface area contributed by atoms with E-state index in [1.165, 1.54) is 19.3 Å². The highest BCUT2D eigenvalue weighted by Gasteiger charge is 2.43. The monoisotopic (exact) mass is 373 g/mol. The van der Waals surface area contributed by atoms with Crippen molar-refractivity contribution >= 4 is 27.7 Å². The summed E-state index contributed by atoms with van der Waals surface area (Å²) in [5.41, 5.74) is 1.84. The summed E-state index contributed by atoms with van der Waals surface area (Å²) in [6, 6.07) is 9.88. The topological polar surface area (TPSA) is 46.9 Å². The lowest BCUT2D eigenvalue weighted by Gasteiger charge is -2.21. The van der Waals surface area contributed by atoms with Crippen LogP contribution in [0, 0.1) is 24.7 Å². The van der Waals surface area contributed by atoms with E-state index in [-0.39, 0.29) is 11.8 Å². The Bertz CT molecular complexity index is 754. The molecule has 2 fully saturated rings. The van der Waals surface area contributed by atoms with Crippen LogP contribution < -0.4 is 5.32 Å². The number of rotatable bonds is 3. The largest absolute Gasteiger partial charge is 0.310 e. The molecule has 1 N–H and O–H groups in total. The summed E-state index contributed by atoms with van der Waals surface area (Å²) in [6.07, 6.45) is 4.82. The first kappa shape index (κ1) is 14.9. The van der Waals surface area contributed by atoms with Gasteiger partial charge in [-0.1, -0.05) is 28.4 Å². The Kier molecular flexibility index (Phi) is 3.76. The number of hydrogen-bond acceptors (Lipinski definition) is 2. The van der Waals surface area contributed by atoms with Gasteiger partial charge in [-0.25, -0.2) is 4.68 Å². The summed E-state index contributed by atoms with van der Waals surface area (Å²) in [7, 11) is 0. The van der Waals surface area contributed by atoms with Crippen molar-refractivity contribution in [2.45, 2.75) is 32.6 Å². The predicted octanol–water partition coefficient (Wildman–Crippen LogP) is 4.32. The smallest absolute Gasteiger partial charge is 0.228 e. The molecule has 3 atom stereocenters. The maximum Gasteiger partial charge on any atom is 0.228 e. The Balaban J connectivity index is 1.58. The van der Waals surface area contributed by atoms with E-state index in [9.17, 15) is 4.79 Å². The van der Waals surface area contributed by atoms with Crippen molar-refractivity contribution in [2.75, 3.05) is 5.32 Å². The van der Waals surface area contributed by atoms with Crippen molar-refractivity contribution in [3.63, 3.8) is 0 Å². The quantitative estimate of drug-likeness (QED) is 0.870. The number of nitrogens with one attached hydrogen (secondary N) is 1. The number of hydrogen-bond donors (Lipinski definition) is 1. The van der Waals surface area contributed by atoms with E-state index < -0.39 is 0 Å². The summed E-state index contributed by atoms with van der Waals surface area (Å²) in [6.45, 7) is 1.95. The molecule has 1 heterocycles. The van der Waals surface area contributed by atoms with Crippen molar-refractivity contribution in [3.05, 3.63) is 40.5 Å². The van der Waals surface area contributed by atoms with E-state index in [0.717, 1.165) is 34.0 Å². The van der Waals surface area contributed by atoms with Crippen LogP contribution in [0.2, 0.25) is 0 Å². The van der Waals surface area contributed by atoms with Gasteiger partial charge in [0, 0.05) is 16.5 Å². The third-order valence-electron chi connectivity index (χ3n) is 5.21. The van der Waals surface area contributed by atoms with E-state index in [1.807, 2.05) is 41.9 Å². The van der Waals surface area contributed by atoms with Crippen LogP contribution in [0.5, 0.6) is 0 Å². The van der Waals surface area contributed by atoms with Gasteiger partial charge < -0.3 is 5.32 Å². The van der Waals surface area contributed by atoms with Gasteiger partial charge >= 0.3 is 0 Å². The molecule has 4 rings (SSSR count). The van der Waals surface area contributed by atoms with Crippen molar-refractivity contribution in [1.82, 2.24) is 9.78 Å². The molecule has 5 heteroatoms. The summed E-state index contributed by atoms with van der Waals surface area (Å²) in [4.78, 5) is 12.7. The van der Waals surface area contributed by atoms with E-state index >= 15 is 0 Å². The highest BCUT2D eigenvalue weighted by Crippen LogP contribution is 2.48. The number of amides is 1. The number of carbonyl (C=O) groups is 1. The molecule has 2 bridgehead atoms. The Morgan fingerprint density at radius 3 is 2.87 bits per heavy atom. The van der Waals surface area contributed by atoms with Gasteiger partial charge in [-0.2, -0.15) is 5.10 Å². The third-order valence-corrected chi connectivity index (χ3v) is 5.70. The predicted molar refractivity (Wildman–Crippen MR) is 93.6 cm³/mol. The second-order valence-electron chi connectivity index (χ2n) is 6.83. The van der Waals surface area contributed by atoms with Crippen LogP contribution in [0.1, 0.15) is 31.4 Å². The Hall–Kier alpha value is -1.62. The number of aromatic nitrogens is 2. The minimum absolute atomic E-state index is 0.161. The lowest BCUT2D eigenvalue weighted by atomic mass is 9.88. The molecule has 120 valence electrons. The SMILES string of the molecule is Cc1cc(NC(=O)C2CC3CCC2C3)n(-c2cccc(Br)c2)n1. The first-order valence-corrected chi connectivity index (χ1v) is 9.03. The molecule has 1 aromatic heterocycles. The maximum absolute atomic E-state index is 12.7. The average molecular weight is 374 g/mol. The fraction of sp³-hybridized carbons (Fsp3) is 0.444. The molecule has 0 aliphatic heterocycles. The van der Waals surface area contributed by atoms with Crippen LogP contribution in [-0.4, -0.2) is 15.7 Å². The van der Waals surface area contributed by atoms with Gasteiger partial charge in [-0.15, -0.1) is 0 Å². The molecule has 23 heavy (non-hydrogen) atoms. The molecule has 3 unspecified atom stereocenters. The van der Waals surface area contributed by atoms with Crippen LogP contribution in [0.4, 0.5) is 5.82 Å². The Labute approximate surface area is 144 Å². The normalized spacial score (nSPS) is 25.7. The van der Waals surface area contributed by atoms with Crippen molar-refractivity contribution in [1.29, 1.82) is 0 Å². The van der Waals surface area contributed by atoms with Gasteiger partial charge in [0.15, 0.2) is 0 Å². The molecule has 2 aliphatic rings. The lowest BCUT2D eigenvalue weighted by molar-refractivity contribution is -0.121. The minimum atomic E-state index is 0.161. The Morgan fingerprint density at radius 1 is 1.30 bits per heavy atom. The van der Waals surface area contributed by atoms with Crippen LogP contribution in [0.3, 0.4) is 0 Å². The molecule has 2 aromatic rings. The Morgan fingerprint density at radius 2 is 2.17 bits per heavy atom. The standard InChI is InChI=1S/C18H20BrN3O/c1-11-7-17(22(21-11)15-4-2-3-14(19)10-15)20-18(23)16-9-12-5-6-13(16)8-12/h2-4,7,10,12-13,16H,5-6,8-9H2,1H3,(H,20,23). The first-order valence-electron chi connectivity index (χ1n) is 8.23. The van der Waals surface area contributed by atoms with Gasteiger partial charge in [-0.3, -0.25) is 4.79 Å². The number of fused-ring (bicyclic) bond motifs is 2. The van der Waals surface area contributed by atoms with Crippen molar-refractivity contribution in [3.8, 4) is 5.69 Å². The number of halogens is 1. The molecule has 0 spiro atoms. The molecule has 0 radical (unpaired) electrons. The van der Waals surface area contributed by atoms with Crippen molar-refractivity contribution < 1.29 is 4.79 Å². The second-order valence-corrected chi connectivity index (χ2v) is 7.75. The second kappa shape index (κ2) is 5.78. The minimum Gasteiger partial charge on any atom is -0.310 e. The molecular weight excluding hydrogens is 354 g/mol. The summed E-state index contributed by atoms with van der Waals surface area (Å²) >= 11 is 3.49. The number of anilines is 1. The molecule has 1 amide bonds. The van der Waals surface area contributed by atoms with Gasteiger partial charge in [-0.05, 0) is 56.2 Å². The summed E-state index contributed by atoms with van der Waals surface area (Å²) in [5.74, 6) is 2.46. The van der Waals surface area contributed by atoms with Gasteiger partial charge in [0.2, 0.25) is 5.91 Å². The van der Waals surface area contributed by atoms with Gasteiger partial charge in [0.25, 0.3) is 0 Å². The number of nitrogens with zero attached hydrogens (tertiary/aromatic N) is 2. The van der Waals surface area contributed by atoms with Crippen LogP contribution >= 0.6 is 15.9 Å². The zero-order valence-corrected chi connectivity index (χ0v) is 14.7. The summed E-state index contributed by atoms with van der Waals surface area (Å²) in [5, 5.41) is 7.65. The highest BCUT2D eigenvalue weighted by atomic mass is 79.9. The van der Waals surface area contributed by atoms with Gasteiger partial charge in [0.1, 0.15) is 5.82 Å². The maximum atomic E-state index is 12.7. The molecule has 0 saturated heterocycles. The number of carbonyl (C=O) groups excluding carboxylic acids is 1. The fourth-order valence-electron chi connectivity index (χ4n) is 4.18. The zero-order chi connectivity index (χ0) is 16.0. The van der Waals surface area contributed by atoms with E-state index in [0.29, 0.717) is 5.92 Å². The fourth-order valence-corrected chi connectivity index (χ4v) is 4.57. The average Bonchev–Trinajstić information content (AvgIpc) is 3.22. The highest BCUT2D eigenvalue weighted by molar-refractivity contribution is 9.10. The molecule has 1 aromatic carbocycles. The van der Waals surface area contributed by atoms with Crippen molar-refractivity contribution in [2.24, 2.45) is 17.8 Å². The zero-order valence-electron chi connectivity index (χ0n) is 13.1. The molecular formula is C18H20BrN3O. The molecule has 2 saturated carbocycles. The van der Waals surface area contributed by atoms with Crippen LogP contribution in [-0.2, 0) is 4.79 Å². The molecule has 4 nitrogen and oxygen atoms in total. The van der Waals surface area contributed by atoms with E-state index in [1.54, 1.807) is 0 Å².